The normalized spacial score (nSPS) is 11.5. The molecule has 138 valence electrons. The Morgan fingerprint density at radius 2 is 1.88 bits per heavy atom. The molecule has 0 bridgehead atoms. The van der Waals surface area contributed by atoms with E-state index in [2.05, 4.69) is 20.8 Å². The van der Waals surface area contributed by atoms with Crippen LogP contribution in [-0.4, -0.2) is 39.8 Å². The van der Waals surface area contributed by atoms with E-state index in [1.165, 1.54) is 6.92 Å². The molecule has 0 aliphatic carbocycles. The van der Waals surface area contributed by atoms with Gasteiger partial charge in [0.25, 0.3) is 0 Å². The molecule has 26 heavy (non-hydrogen) atoms. The number of carbonyl (C=O) groups is 3. The molecule has 0 radical (unpaired) electrons. The van der Waals surface area contributed by atoms with Gasteiger partial charge in [0.15, 0.2) is 15.4 Å². The summed E-state index contributed by atoms with van der Waals surface area (Å²) >= 11 is 2.01. The maximum absolute atomic E-state index is 12.0. The number of amides is 2. The van der Waals surface area contributed by atoms with Crippen LogP contribution in [0.3, 0.4) is 0 Å². The van der Waals surface area contributed by atoms with Crippen LogP contribution in [-0.2, 0) is 14.3 Å². The first-order valence-electron chi connectivity index (χ1n) is 7.71. The number of Topliss-reactive ketones (excluding diaryl/α,β-unsaturated/α-hetero) is 1. The van der Waals surface area contributed by atoms with E-state index >= 15 is 0 Å². The second-order valence-corrected chi connectivity index (χ2v) is 7.51. The number of aromatic nitrogens is 2. The van der Waals surface area contributed by atoms with Crippen molar-refractivity contribution in [2.75, 3.05) is 17.2 Å². The molecule has 0 saturated carbocycles. The molecule has 0 aliphatic rings. The Kier molecular flexibility index (Phi) is 7.10. The molecule has 0 unspecified atom stereocenters. The number of urea groups is 1. The highest BCUT2D eigenvalue weighted by molar-refractivity contribution is 8.03. The van der Waals surface area contributed by atoms with Crippen molar-refractivity contribution in [2.24, 2.45) is 0 Å². The third kappa shape index (κ3) is 5.81. The standard InChI is InChI=1S/C16H18N4O4S2/c1-4-24-13(22)12(10(3)21)25-16-20-19-15(26-16)18-14(23)17-11-7-5-9(2)6-8-11/h5-8,12H,4H2,1-3H3,(H2,17,18,19,23)/t12-/m1/s1. The van der Waals surface area contributed by atoms with Gasteiger partial charge < -0.3 is 10.1 Å². The van der Waals surface area contributed by atoms with E-state index in [0.29, 0.717) is 10.0 Å². The van der Waals surface area contributed by atoms with Gasteiger partial charge in [0, 0.05) is 5.69 Å². The van der Waals surface area contributed by atoms with Gasteiger partial charge in [-0.05, 0) is 32.9 Å². The Hall–Kier alpha value is -2.46. The third-order valence-electron chi connectivity index (χ3n) is 3.02. The Bertz CT molecular complexity index is 792. The van der Waals surface area contributed by atoms with Crippen LogP contribution in [0.25, 0.3) is 0 Å². The second-order valence-electron chi connectivity index (χ2n) is 5.18. The maximum atomic E-state index is 12.0. The summed E-state index contributed by atoms with van der Waals surface area (Å²) in [5.74, 6) is -0.956. The quantitative estimate of drug-likeness (QED) is 0.321. The maximum Gasteiger partial charge on any atom is 0.327 e. The average Bonchev–Trinajstić information content (AvgIpc) is 3.01. The molecule has 8 nitrogen and oxygen atoms in total. The van der Waals surface area contributed by atoms with Gasteiger partial charge in [0.2, 0.25) is 5.13 Å². The van der Waals surface area contributed by atoms with Gasteiger partial charge >= 0.3 is 12.0 Å². The highest BCUT2D eigenvalue weighted by atomic mass is 32.2. The van der Waals surface area contributed by atoms with Crippen LogP contribution in [0.1, 0.15) is 19.4 Å². The Morgan fingerprint density at radius 3 is 2.50 bits per heavy atom. The minimum absolute atomic E-state index is 0.186. The summed E-state index contributed by atoms with van der Waals surface area (Å²) in [7, 11) is 0. The minimum atomic E-state index is -1.00. The monoisotopic (exact) mass is 394 g/mol. The van der Waals surface area contributed by atoms with Crippen molar-refractivity contribution < 1.29 is 19.1 Å². The first-order chi connectivity index (χ1) is 12.4. The molecular weight excluding hydrogens is 376 g/mol. The van der Waals surface area contributed by atoms with E-state index in [4.69, 9.17) is 4.74 Å². The summed E-state index contributed by atoms with van der Waals surface area (Å²) in [6, 6.07) is 6.87. The molecule has 1 atom stereocenters. The number of rotatable bonds is 7. The van der Waals surface area contributed by atoms with Gasteiger partial charge in [0.1, 0.15) is 0 Å². The zero-order valence-electron chi connectivity index (χ0n) is 14.4. The van der Waals surface area contributed by atoms with Crippen LogP contribution in [0.2, 0.25) is 0 Å². The molecule has 2 N–H and O–H groups in total. The number of ketones is 1. The average molecular weight is 394 g/mol. The van der Waals surface area contributed by atoms with E-state index in [-0.39, 0.29) is 17.5 Å². The number of hydrogen-bond acceptors (Lipinski definition) is 8. The van der Waals surface area contributed by atoms with E-state index in [1.54, 1.807) is 19.1 Å². The number of esters is 1. The molecule has 1 aromatic carbocycles. The number of hydrogen-bond donors (Lipinski definition) is 2. The molecule has 0 spiro atoms. The topological polar surface area (TPSA) is 110 Å². The van der Waals surface area contributed by atoms with Crippen molar-refractivity contribution in [3.8, 4) is 0 Å². The molecule has 10 heteroatoms. The van der Waals surface area contributed by atoms with Crippen molar-refractivity contribution >= 4 is 51.7 Å². The fourth-order valence-corrected chi connectivity index (χ4v) is 3.63. The minimum Gasteiger partial charge on any atom is -0.465 e. The highest BCUT2D eigenvalue weighted by Gasteiger charge is 2.27. The molecule has 0 saturated heterocycles. The number of benzene rings is 1. The fraction of sp³-hybridized carbons (Fsp3) is 0.312. The summed E-state index contributed by atoms with van der Waals surface area (Å²) in [6.45, 7) is 5.11. The molecular formula is C16H18N4O4S2. The van der Waals surface area contributed by atoms with Crippen molar-refractivity contribution in [3.63, 3.8) is 0 Å². The summed E-state index contributed by atoms with van der Waals surface area (Å²) in [5.41, 5.74) is 1.73. The summed E-state index contributed by atoms with van der Waals surface area (Å²) in [6.07, 6.45) is 0. The van der Waals surface area contributed by atoms with E-state index in [1.807, 2.05) is 19.1 Å². The van der Waals surface area contributed by atoms with Crippen LogP contribution in [0.15, 0.2) is 28.6 Å². The lowest BCUT2D eigenvalue weighted by molar-refractivity contribution is -0.144. The number of nitrogens with one attached hydrogen (secondary N) is 2. The van der Waals surface area contributed by atoms with Gasteiger partial charge in [-0.2, -0.15) is 0 Å². The van der Waals surface area contributed by atoms with E-state index in [0.717, 1.165) is 28.7 Å². The smallest absolute Gasteiger partial charge is 0.327 e. The Morgan fingerprint density at radius 1 is 1.19 bits per heavy atom. The predicted molar refractivity (Wildman–Crippen MR) is 101 cm³/mol. The summed E-state index contributed by atoms with van der Waals surface area (Å²) in [5, 5.41) is 12.2. The van der Waals surface area contributed by atoms with Gasteiger partial charge in [-0.1, -0.05) is 40.8 Å². The molecule has 2 amide bonds. The van der Waals surface area contributed by atoms with Crippen molar-refractivity contribution in [3.05, 3.63) is 29.8 Å². The van der Waals surface area contributed by atoms with E-state index in [9.17, 15) is 14.4 Å². The molecule has 1 aromatic heterocycles. The van der Waals surface area contributed by atoms with E-state index < -0.39 is 17.3 Å². The lowest BCUT2D eigenvalue weighted by Gasteiger charge is -2.09. The van der Waals surface area contributed by atoms with Crippen LogP contribution >= 0.6 is 23.1 Å². The summed E-state index contributed by atoms with van der Waals surface area (Å²) < 4.78 is 5.26. The van der Waals surface area contributed by atoms with Crippen molar-refractivity contribution in [1.29, 1.82) is 0 Å². The fourth-order valence-electron chi connectivity index (χ4n) is 1.82. The molecule has 1 heterocycles. The SMILES string of the molecule is CCOC(=O)[C@H](Sc1nnc(NC(=O)Nc2ccc(C)cc2)s1)C(C)=O. The predicted octanol–water partition coefficient (Wildman–Crippen LogP) is 3.10. The van der Waals surface area contributed by atoms with Gasteiger partial charge in [0.05, 0.1) is 6.61 Å². The lowest BCUT2D eigenvalue weighted by atomic mass is 10.2. The largest absolute Gasteiger partial charge is 0.465 e. The lowest BCUT2D eigenvalue weighted by Crippen LogP contribution is -2.27. The molecule has 2 aromatic rings. The number of carbonyl (C=O) groups excluding carboxylic acids is 3. The first-order valence-corrected chi connectivity index (χ1v) is 9.40. The van der Waals surface area contributed by atoms with Gasteiger partial charge in [-0.25, -0.2) is 4.79 Å². The van der Waals surface area contributed by atoms with Gasteiger partial charge in [-0.3, -0.25) is 14.9 Å². The Balaban J connectivity index is 1.95. The molecule has 0 aliphatic heterocycles. The molecule has 0 fully saturated rings. The Labute approximate surface area is 158 Å². The number of aryl methyl sites for hydroxylation is 1. The zero-order chi connectivity index (χ0) is 19.1. The van der Waals surface area contributed by atoms with Crippen LogP contribution < -0.4 is 10.6 Å². The van der Waals surface area contributed by atoms with Gasteiger partial charge in [-0.15, -0.1) is 10.2 Å². The molecule has 2 rings (SSSR count). The number of nitrogens with zero attached hydrogens (tertiary/aromatic N) is 2. The second kappa shape index (κ2) is 9.30. The van der Waals surface area contributed by atoms with Crippen molar-refractivity contribution in [1.82, 2.24) is 10.2 Å². The summed E-state index contributed by atoms with van der Waals surface area (Å²) in [4.78, 5) is 35.4. The zero-order valence-corrected chi connectivity index (χ0v) is 16.1. The third-order valence-corrected chi connectivity index (χ3v) is 5.24. The highest BCUT2D eigenvalue weighted by Crippen LogP contribution is 2.30. The first kappa shape index (κ1) is 19.9. The van der Waals surface area contributed by atoms with Crippen molar-refractivity contribution in [2.45, 2.75) is 30.4 Å². The number of thioether (sulfide) groups is 1. The number of ether oxygens (including phenoxy) is 1. The van der Waals surface area contributed by atoms with Crippen LogP contribution in [0, 0.1) is 6.92 Å². The van der Waals surface area contributed by atoms with Crippen LogP contribution in [0.4, 0.5) is 15.6 Å². The number of anilines is 2. The van der Waals surface area contributed by atoms with Crippen LogP contribution in [0.5, 0.6) is 0 Å².